The van der Waals surface area contributed by atoms with Gasteiger partial charge in [0.2, 0.25) is 0 Å². The Morgan fingerprint density at radius 1 is 0.905 bits per heavy atom. The van der Waals surface area contributed by atoms with Gasteiger partial charge in [0.1, 0.15) is 0 Å². The maximum Gasteiger partial charge on any atom is 0.0453 e. The smallest absolute Gasteiger partial charge is 0.0453 e. The maximum atomic E-state index is 6.36. The van der Waals surface area contributed by atoms with E-state index in [4.69, 9.17) is 23.2 Å². The number of aryl methyl sites for hydroxylation is 1. The van der Waals surface area contributed by atoms with E-state index in [0.29, 0.717) is 0 Å². The second-order valence-corrected chi connectivity index (χ2v) is 7.18. The molecule has 0 spiro atoms. The Balaban J connectivity index is 2.51. The molecule has 0 aliphatic carbocycles. The predicted octanol–water partition coefficient (Wildman–Crippen LogP) is 6.57. The molecule has 0 unspecified atom stereocenters. The van der Waals surface area contributed by atoms with E-state index in [1.165, 1.54) is 11.1 Å². The van der Waals surface area contributed by atoms with Gasteiger partial charge < -0.3 is 0 Å². The molecule has 21 heavy (non-hydrogen) atoms. The Morgan fingerprint density at radius 3 is 2.00 bits per heavy atom. The van der Waals surface area contributed by atoms with Gasteiger partial charge in [-0.15, -0.1) is 0 Å². The lowest BCUT2D eigenvalue weighted by Crippen LogP contribution is -2.34. The molecule has 0 aliphatic rings. The Hall–Kier alpha value is -0.0200. The average molecular weight is 451 g/mol. The first kappa shape index (κ1) is 17.3. The molecular weight excluding hydrogens is 435 g/mol. The van der Waals surface area contributed by atoms with Gasteiger partial charge in [-0.25, -0.2) is 0 Å². The zero-order valence-electron chi connectivity index (χ0n) is 11.7. The molecular formula is C17H16Br2Cl2. The van der Waals surface area contributed by atoms with E-state index < -0.39 is 0 Å². The van der Waals surface area contributed by atoms with Crippen LogP contribution in [0.15, 0.2) is 42.5 Å². The topological polar surface area (TPSA) is 0 Å². The highest BCUT2D eigenvalue weighted by Gasteiger charge is 2.33. The molecule has 0 bridgehead atoms. The average Bonchev–Trinajstić information content (AvgIpc) is 2.49. The van der Waals surface area contributed by atoms with Crippen molar-refractivity contribution >= 4 is 55.1 Å². The third-order valence-electron chi connectivity index (χ3n) is 3.80. The molecule has 0 aromatic heterocycles. The van der Waals surface area contributed by atoms with Crippen LogP contribution in [0.25, 0.3) is 0 Å². The molecule has 2 rings (SSSR count). The van der Waals surface area contributed by atoms with Crippen LogP contribution in [0, 0.1) is 6.92 Å². The van der Waals surface area contributed by atoms with E-state index in [1.807, 2.05) is 18.2 Å². The summed E-state index contributed by atoms with van der Waals surface area (Å²) >= 11 is 20.1. The highest BCUT2D eigenvalue weighted by molar-refractivity contribution is 9.09. The molecule has 112 valence electrons. The summed E-state index contributed by atoms with van der Waals surface area (Å²) in [7, 11) is 0. The Morgan fingerprint density at radius 2 is 1.48 bits per heavy atom. The summed E-state index contributed by atoms with van der Waals surface area (Å²) in [4.78, 5) is 0. The van der Waals surface area contributed by atoms with Gasteiger partial charge in [0, 0.05) is 26.1 Å². The van der Waals surface area contributed by atoms with Crippen molar-refractivity contribution in [2.75, 3.05) is 10.7 Å². The summed E-state index contributed by atoms with van der Waals surface area (Å²) in [5.74, 6) is 0. The highest BCUT2D eigenvalue weighted by atomic mass is 79.9. The fourth-order valence-electron chi connectivity index (χ4n) is 2.58. The van der Waals surface area contributed by atoms with Crippen molar-refractivity contribution in [2.45, 2.75) is 18.8 Å². The summed E-state index contributed by atoms with van der Waals surface area (Å²) in [6.07, 6.45) is 0.785. The Kier molecular flexibility index (Phi) is 6.19. The van der Waals surface area contributed by atoms with E-state index in [2.05, 4.69) is 63.0 Å². The lowest BCUT2D eigenvalue weighted by atomic mass is 9.77. The fourth-order valence-corrected chi connectivity index (χ4v) is 5.04. The molecule has 0 aliphatic heterocycles. The van der Waals surface area contributed by atoms with Crippen LogP contribution in [-0.4, -0.2) is 10.7 Å². The van der Waals surface area contributed by atoms with Gasteiger partial charge in [-0.3, -0.25) is 0 Å². The van der Waals surface area contributed by atoms with Crippen LogP contribution in [0.3, 0.4) is 0 Å². The van der Waals surface area contributed by atoms with Crippen LogP contribution < -0.4 is 0 Å². The number of hydrogen-bond donors (Lipinski definition) is 0. The van der Waals surface area contributed by atoms with E-state index in [0.717, 1.165) is 32.7 Å². The monoisotopic (exact) mass is 448 g/mol. The van der Waals surface area contributed by atoms with Crippen LogP contribution in [0.4, 0.5) is 0 Å². The number of alkyl halides is 2. The summed E-state index contributed by atoms with van der Waals surface area (Å²) in [5, 5.41) is 3.11. The van der Waals surface area contributed by atoms with Crippen molar-refractivity contribution in [3.8, 4) is 0 Å². The second kappa shape index (κ2) is 7.50. The highest BCUT2D eigenvalue weighted by Crippen LogP contribution is 2.38. The van der Waals surface area contributed by atoms with Gasteiger partial charge in [0.15, 0.2) is 0 Å². The number of halogens is 4. The summed E-state index contributed by atoms with van der Waals surface area (Å²) in [5.41, 5.74) is 3.51. The lowest BCUT2D eigenvalue weighted by molar-refractivity contribution is 0.548. The standard InChI is InChI=1S/C17H16Br2Cl2/c1-12-5-2-3-6-14(12)17(10-18,11-19)9-13-15(20)7-4-8-16(13)21/h2-8H,9-11H2,1H3. The molecule has 0 fully saturated rings. The first-order chi connectivity index (χ1) is 10.0. The molecule has 0 amide bonds. The molecule has 0 nitrogen and oxygen atoms in total. The van der Waals surface area contributed by atoms with Crippen LogP contribution in [0.1, 0.15) is 16.7 Å². The van der Waals surface area contributed by atoms with Crippen LogP contribution in [-0.2, 0) is 11.8 Å². The number of hydrogen-bond acceptors (Lipinski definition) is 0. The van der Waals surface area contributed by atoms with Crippen molar-refractivity contribution in [3.05, 3.63) is 69.2 Å². The predicted molar refractivity (Wildman–Crippen MR) is 101 cm³/mol. The quantitative estimate of drug-likeness (QED) is 0.452. The summed E-state index contributed by atoms with van der Waals surface area (Å²) in [6, 6.07) is 14.1. The minimum absolute atomic E-state index is 0.0834. The largest absolute Gasteiger partial charge is 0.0918 e. The first-order valence-electron chi connectivity index (χ1n) is 6.65. The Labute approximate surface area is 153 Å². The molecule has 0 atom stereocenters. The molecule has 0 saturated heterocycles. The third-order valence-corrected chi connectivity index (χ3v) is 6.66. The minimum atomic E-state index is -0.0834. The fraction of sp³-hybridized carbons (Fsp3) is 0.294. The van der Waals surface area contributed by atoms with E-state index in [1.54, 1.807) is 0 Å². The van der Waals surface area contributed by atoms with Gasteiger partial charge in [-0.05, 0) is 42.2 Å². The lowest BCUT2D eigenvalue weighted by Gasteiger charge is -2.33. The molecule has 2 aromatic carbocycles. The van der Waals surface area contributed by atoms with Crippen LogP contribution in [0.2, 0.25) is 10.0 Å². The van der Waals surface area contributed by atoms with Gasteiger partial charge >= 0.3 is 0 Å². The van der Waals surface area contributed by atoms with Crippen molar-refractivity contribution < 1.29 is 0 Å². The SMILES string of the molecule is Cc1ccccc1C(CBr)(CBr)Cc1c(Cl)cccc1Cl. The molecule has 0 saturated carbocycles. The first-order valence-corrected chi connectivity index (χ1v) is 9.65. The molecule has 0 heterocycles. The van der Waals surface area contributed by atoms with E-state index >= 15 is 0 Å². The van der Waals surface area contributed by atoms with Gasteiger partial charge in [0.25, 0.3) is 0 Å². The maximum absolute atomic E-state index is 6.36. The summed E-state index contributed by atoms with van der Waals surface area (Å²) in [6.45, 7) is 2.14. The second-order valence-electron chi connectivity index (χ2n) is 5.24. The van der Waals surface area contributed by atoms with Crippen molar-refractivity contribution in [2.24, 2.45) is 0 Å². The van der Waals surface area contributed by atoms with Crippen LogP contribution in [0.5, 0.6) is 0 Å². The van der Waals surface area contributed by atoms with Crippen molar-refractivity contribution in [1.29, 1.82) is 0 Å². The van der Waals surface area contributed by atoms with Crippen molar-refractivity contribution in [3.63, 3.8) is 0 Å². The number of benzene rings is 2. The van der Waals surface area contributed by atoms with E-state index in [9.17, 15) is 0 Å². The normalized spacial score (nSPS) is 11.7. The third kappa shape index (κ3) is 3.67. The minimum Gasteiger partial charge on any atom is -0.0918 e. The van der Waals surface area contributed by atoms with Crippen LogP contribution >= 0.6 is 55.1 Å². The molecule has 2 aromatic rings. The summed E-state index contributed by atoms with van der Waals surface area (Å²) < 4.78 is 0. The zero-order valence-corrected chi connectivity index (χ0v) is 16.4. The molecule has 0 N–H and O–H groups in total. The molecule has 4 heteroatoms. The number of rotatable bonds is 5. The van der Waals surface area contributed by atoms with Gasteiger partial charge in [-0.2, -0.15) is 0 Å². The Bertz CT molecular complexity index is 602. The van der Waals surface area contributed by atoms with E-state index in [-0.39, 0.29) is 5.41 Å². The van der Waals surface area contributed by atoms with Gasteiger partial charge in [0.05, 0.1) is 0 Å². The van der Waals surface area contributed by atoms with Crippen molar-refractivity contribution in [1.82, 2.24) is 0 Å². The van der Waals surface area contributed by atoms with Gasteiger partial charge in [-0.1, -0.05) is 85.4 Å². The zero-order chi connectivity index (χ0) is 15.5. The molecule has 0 radical (unpaired) electrons.